The Morgan fingerprint density at radius 2 is 2.00 bits per heavy atom. The zero-order valence-corrected chi connectivity index (χ0v) is 7.17. The van der Waals surface area contributed by atoms with Crippen LogP contribution >= 0.6 is 0 Å². The Bertz CT molecular complexity index is 302. The quantitative estimate of drug-likeness (QED) is 0.662. The number of rotatable bonds is 1. The molecule has 61 valence electrons. The van der Waals surface area contributed by atoms with Crippen molar-refractivity contribution in [3.05, 3.63) is 41.9 Å². The fourth-order valence-electron chi connectivity index (χ4n) is 1.37. The fraction of sp³-hybridized carbons (Fsp3) is 0.182. The minimum atomic E-state index is 1.06. The van der Waals surface area contributed by atoms with Gasteiger partial charge in [0, 0.05) is 5.69 Å². The van der Waals surface area contributed by atoms with Crippen LogP contribution in [0.2, 0.25) is 0 Å². The largest absolute Gasteiger partial charge is 0.373 e. The highest BCUT2D eigenvalue weighted by molar-refractivity contribution is 5.73. The normalized spacial score (nSPS) is 15.4. The first-order valence-electron chi connectivity index (χ1n) is 4.30. The molecule has 1 heterocycles. The van der Waals surface area contributed by atoms with Crippen LogP contribution in [-0.4, -0.2) is 0 Å². The molecule has 0 aromatic heterocycles. The van der Waals surface area contributed by atoms with E-state index >= 15 is 0 Å². The Labute approximate surface area is 73.1 Å². The number of benzene rings is 1. The van der Waals surface area contributed by atoms with Crippen LogP contribution in [-0.2, 0) is 0 Å². The molecule has 1 aliphatic rings. The van der Waals surface area contributed by atoms with E-state index in [1.54, 1.807) is 0 Å². The Kier molecular flexibility index (Phi) is 1.86. The van der Waals surface area contributed by atoms with Crippen LogP contribution in [0.1, 0.15) is 18.9 Å². The van der Waals surface area contributed by atoms with E-state index in [0.29, 0.717) is 0 Å². The maximum atomic E-state index is 3.38. The van der Waals surface area contributed by atoms with Crippen molar-refractivity contribution >= 4 is 11.8 Å². The molecule has 0 fully saturated rings. The van der Waals surface area contributed by atoms with Gasteiger partial charge in [0.2, 0.25) is 0 Å². The monoisotopic (exact) mass is 158 g/mol. The maximum Gasteiger partial charge on any atom is 0.0823 e. The van der Waals surface area contributed by atoms with Crippen molar-refractivity contribution in [3.8, 4) is 0 Å². The second-order valence-corrected chi connectivity index (χ2v) is 2.92. The van der Waals surface area contributed by atoms with Gasteiger partial charge in [-0.25, -0.2) is 0 Å². The molecule has 0 bridgehead atoms. The van der Waals surface area contributed by atoms with Gasteiger partial charge in [-0.15, -0.1) is 0 Å². The lowest BCUT2D eigenvalue weighted by molar-refractivity contribution is 0.991. The van der Waals surface area contributed by atoms with Crippen LogP contribution in [0.5, 0.6) is 0 Å². The summed E-state index contributed by atoms with van der Waals surface area (Å²) in [7, 11) is 0. The lowest BCUT2D eigenvalue weighted by Gasteiger charge is -2.19. The number of nitrogens with one attached hydrogen (secondary N) is 1. The molecule has 1 N–H and O–H groups in total. The minimum Gasteiger partial charge on any atom is -0.373 e. The van der Waals surface area contributed by atoms with Gasteiger partial charge in [-0.2, -0.15) is 0 Å². The van der Waals surface area contributed by atoms with Crippen LogP contribution in [0.4, 0.5) is 5.69 Å². The molecule has 0 spiro atoms. The predicted octanol–water partition coefficient (Wildman–Crippen LogP) is 3.07. The second-order valence-electron chi connectivity index (χ2n) is 2.92. The standard InChI is InChI=1S/C11H12N/c1-2-10-8-7-9-5-3-4-6-11(9)12-10/h3-8,12H,2H2,1H3. The highest BCUT2D eigenvalue weighted by Gasteiger charge is 2.09. The molecule has 0 amide bonds. The predicted molar refractivity (Wildman–Crippen MR) is 52.6 cm³/mol. The summed E-state index contributed by atoms with van der Waals surface area (Å²) >= 11 is 0. The third-order valence-corrected chi connectivity index (χ3v) is 2.10. The molecule has 1 aliphatic heterocycles. The molecule has 0 saturated carbocycles. The van der Waals surface area contributed by atoms with E-state index < -0.39 is 0 Å². The smallest absolute Gasteiger partial charge is 0.0823 e. The third-order valence-electron chi connectivity index (χ3n) is 2.10. The first kappa shape index (κ1) is 7.41. The molecule has 0 saturated heterocycles. The molecule has 0 unspecified atom stereocenters. The first-order chi connectivity index (χ1) is 5.90. The van der Waals surface area contributed by atoms with Gasteiger partial charge in [0.25, 0.3) is 0 Å². The van der Waals surface area contributed by atoms with Crippen LogP contribution in [0.15, 0.2) is 30.3 Å². The van der Waals surface area contributed by atoms with E-state index in [-0.39, 0.29) is 0 Å². The third kappa shape index (κ3) is 1.22. The van der Waals surface area contributed by atoms with Gasteiger partial charge in [0.1, 0.15) is 0 Å². The molecule has 0 atom stereocenters. The Morgan fingerprint density at radius 3 is 2.83 bits per heavy atom. The molecule has 12 heavy (non-hydrogen) atoms. The first-order valence-corrected chi connectivity index (χ1v) is 4.30. The van der Waals surface area contributed by atoms with Gasteiger partial charge >= 0.3 is 0 Å². The highest BCUT2D eigenvalue weighted by Crippen LogP contribution is 2.26. The van der Waals surface area contributed by atoms with Crippen molar-refractivity contribution in [2.45, 2.75) is 13.3 Å². The number of anilines is 1. The Hall–Kier alpha value is -1.24. The van der Waals surface area contributed by atoms with E-state index in [4.69, 9.17) is 0 Å². The summed E-state index contributed by atoms with van der Waals surface area (Å²) in [6.07, 6.45) is 5.36. The highest BCUT2D eigenvalue weighted by atomic mass is 14.9. The summed E-state index contributed by atoms with van der Waals surface area (Å²) in [6, 6.07) is 9.62. The average molecular weight is 158 g/mol. The molecular formula is C11H12N. The van der Waals surface area contributed by atoms with Gasteiger partial charge in [-0.3, -0.25) is 0 Å². The number of hydrogen-bond donors (Lipinski definition) is 1. The number of para-hydroxylation sites is 1. The Balaban J connectivity index is 2.33. The van der Waals surface area contributed by atoms with Crippen molar-refractivity contribution in [1.29, 1.82) is 0 Å². The molecule has 1 aromatic rings. The zero-order chi connectivity index (χ0) is 8.39. The molecule has 1 radical (unpaired) electrons. The van der Waals surface area contributed by atoms with Crippen LogP contribution < -0.4 is 5.32 Å². The summed E-state index contributed by atoms with van der Waals surface area (Å²) < 4.78 is 0. The minimum absolute atomic E-state index is 1.06. The summed E-state index contributed by atoms with van der Waals surface area (Å²) in [6.45, 7) is 2.15. The zero-order valence-electron chi connectivity index (χ0n) is 7.17. The molecule has 0 aliphatic carbocycles. The van der Waals surface area contributed by atoms with Gasteiger partial charge in [0.15, 0.2) is 0 Å². The van der Waals surface area contributed by atoms with E-state index in [1.807, 2.05) is 0 Å². The molecule has 1 aromatic carbocycles. The van der Waals surface area contributed by atoms with Gasteiger partial charge in [-0.05, 0) is 18.1 Å². The van der Waals surface area contributed by atoms with Crippen LogP contribution in [0.3, 0.4) is 0 Å². The van der Waals surface area contributed by atoms with Gasteiger partial charge in [0.05, 0.1) is 6.04 Å². The van der Waals surface area contributed by atoms with E-state index in [9.17, 15) is 0 Å². The van der Waals surface area contributed by atoms with E-state index in [2.05, 4.69) is 48.7 Å². The summed E-state index contributed by atoms with van der Waals surface area (Å²) in [5.41, 5.74) is 2.49. The number of fused-ring (bicyclic) bond motifs is 1. The molecule has 2 rings (SSSR count). The lowest BCUT2D eigenvalue weighted by atomic mass is 10.0. The molecular weight excluding hydrogens is 146 g/mol. The van der Waals surface area contributed by atoms with Crippen molar-refractivity contribution in [2.75, 3.05) is 5.32 Å². The number of hydrogen-bond acceptors (Lipinski definition) is 1. The van der Waals surface area contributed by atoms with Gasteiger partial charge in [-0.1, -0.05) is 37.3 Å². The fourth-order valence-corrected chi connectivity index (χ4v) is 1.37. The average Bonchev–Trinajstić information content (AvgIpc) is 2.17. The summed E-state index contributed by atoms with van der Waals surface area (Å²) in [4.78, 5) is 0. The van der Waals surface area contributed by atoms with Crippen molar-refractivity contribution in [2.24, 2.45) is 0 Å². The Morgan fingerprint density at radius 1 is 1.17 bits per heavy atom. The van der Waals surface area contributed by atoms with Crippen molar-refractivity contribution in [3.63, 3.8) is 0 Å². The van der Waals surface area contributed by atoms with Crippen molar-refractivity contribution < 1.29 is 0 Å². The van der Waals surface area contributed by atoms with E-state index in [0.717, 1.165) is 6.42 Å². The summed E-state index contributed by atoms with van der Waals surface area (Å²) in [5, 5.41) is 3.38. The maximum absolute atomic E-state index is 3.38. The SMILES string of the molecule is CC[C]1C=Cc2ccccc2N1. The van der Waals surface area contributed by atoms with Gasteiger partial charge < -0.3 is 5.32 Å². The van der Waals surface area contributed by atoms with Crippen LogP contribution in [0, 0.1) is 6.04 Å². The lowest BCUT2D eigenvalue weighted by Crippen LogP contribution is -2.10. The second kappa shape index (κ2) is 3.02. The topological polar surface area (TPSA) is 12.0 Å². The van der Waals surface area contributed by atoms with Crippen molar-refractivity contribution in [1.82, 2.24) is 0 Å². The molecule has 1 nitrogen and oxygen atoms in total. The summed E-state index contributed by atoms with van der Waals surface area (Å²) in [5.74, 6) is 0. The molecule has 1 heteroatoms. The van der Waals surface area contributed by atoms with E-state index in [1.165, 1.54) is 17.3 Å². The van der Waals surface area contributed by atoms with Crippen LogP contribution in [0.25, 0.3) is 6.08 Å².